The van der Waals surface area contributed by atoms with Gasteiger partial charge in [0.25, 0.3) is 11.8 Å². The number of amides is 2. The van der Waals surface area contributed by atoms with E-state index in [4.69, 9.17) is 27.9 Å². The third-order valence-corrected chi connectivity index (χ3v) is 6.31. The van der Waals surface area contributed by atoms with E-state index in [9.17, 15) is 14.9 Å². The second kappa shape index (κ2) is 12.2. The van der Waals surface area contributed by atoms with E-state index < -0.39 is 11.8 Å². The maximum atomic E-state index is 12.7. The number of carbonyl (C=O) groups is 2. The molecule has 0 saturated heterocycles. The molecule has 0 aliphatic heterocycles. The molecule has 0 atom stereocenters. The molecule has 2 N–H and O–H groups in total. The Bertz CT molecular complexity index is 1350. The van der Waals surface area contributed by atoms with Crippen LogP contribution >= 0.6 is 55.1 Å². The lowest BCUT2D eigenvalue weighted by Crippen LogP contribution is -2.20. The summed E-state index contributed by atoms with van der Waals surface area (Å²) in [5.41, 5.74) is 2.17. The Morgan fingerprint density at radius 3 is 2.37 bits per heavy atom. The molecular weight excluding hydrogens is 621 g/mol. The Hall–Kier alpha value is -2.83. The first-order chi connectivity index (χ1) is 16.7. The third kappa shape index (κ3) is 7.58. The normalized spacial score (nSPS) is 10.9. The monoisotopic (exact) mass is 635 g/mol. The molecule has 0 aromatic heterocycles. The average Bonchev–Trinajstić information content (AvgIpc) is 2.80. The van der Waals surface area contributed by atoms with Crippen LogP contribution in [0, 0.1) is 18.3 Å². The molecule has 0 heterocycles. The zero-order valence-corrected chi connectivity index (χ0v) is 22.8. The van der Waals surface area contributed by atoms with E-state index in [0.29, 0.717) is 35.9 Å². The largest absolute Gasteiger partial charge is 0.482 e. The average molecular weight is 638 g/mol. The van der Waals surface area contributed by atoms with Crippen molar-refractivity contribution in [2.75, 3.05) is 17.2 Å². The SMILES string of the molecule is Cc1ccc(NC(=O)COc2c(Br)cc(Br)cc2/C=C(/C#N)C(=O)Nc2ccc(Cl)cc2)cc1Cl. The van der Waals surface area contributed by atoms with Gasteiger partial charge in [0.1, 0.15) is 17.4 Å². The van der Waals surface area contributed by atoms with E-state index >= 15 is 0 Å². The van der Waals surface area contributed by atoms with Crippen LogP contribution in [0.15, 0.2) is 69.1 Å². The minimum atomic E-state index is -0.606. The summed E-state index contributed by atoms with van der Waals surface area (Å²) in [4.78, 5) is 25.1. The van der Waals surface area contributed by atoms with E-state index in [1.807, 2.05) is 13.0 Å². The molecule has 2 amide bonds. The molecule has 178 valence electrons. The first kappa shape index (κ1) is 26.8. The molecule has 0 aliphatic carbocycles. The lowest BCUT2D eigenvalue weighted by Gasteiger charge is -2.13. The van der Waals surface area contributed by atoms with Crippen molar-refractivity contribution < 1.29 is 14.3 Å². The quantitative estimate of drug-likeness (QED) is 0.209. The molecule has 3 aromatic rings. The molecular formula is C25H17Br2Cl2N3O3. The zero-order chi connectivity index (χ0) is 25.5. The highest BCUT2D eigenvalue weighted by Gasteiger charge is 2.16. The summed E-state index contributed by atoms with van der Waals surface area (Å²) in [7, 11) is 0. The molecule has 6 nitrogen and oxygen atoms in total. The van der Waals surface area contributed by atoms with Gasteiger partial charge in [0.05, 0.1) is 4.47 Å². The molecule has 0 bridgehead atoms. The highest BCUT2D eigenvalue weighted by atomic mass is 79.9. The van der Waals surface area contributed by atoms with E-state index in [1.165, 1.54) is 6.08 Å². The van der Waals surface area contributed by atoms with Crippen molar-refractivity contribution in [2.45, 2.75) is 6.92 Å². The zero-order valence-electron chi connectivity index (χ0n) is 18.2. The fourth-order valence-electron chi connectivity index (χ4n) is 2.88. The van der Waals surface area contributed by atoms with Gasteiger partial charge in [-0.3, -0.25) is 9.59 Å². The first-order valence-electron chi connectivity index (χ1n) is 10.0. The summed E-state index contributed by atoms with van der Waals surface area (Å²) in [6.45, 7) is 1.55. The van der Waals surface area contributed by atoms with E-state index in [2.05, 4.69) is 42.5 Å². The number of benzene rings is 3. The van der Waals surface area contributed by atoms with Crippen LogP contribution in [0.5, 0.6) is 5.75 Å². The van der Waals surface area contributed by atoms with Crippen molar-refractivity contribution >= 4 is 84.3 Å². The first-order valence-corrected chi connectivity index (χ1v) is 12.4. The second-order valence-corrected chi connectivity index (χ2v) is 9.85. The van der Waals surface area contributed by atoms with Crippen LogP contribution in [0.4, 0.5) is 11.4 Å². The van der Waals surface area contributed by atoms with Crippen LogP contribution in [-0.4, -0.2) is 18.4 Å². The van der Waals surface area contributed by atoms with Gasteiger partial charge in [0, 0.05) is 31.5 Å². The van der Waals surface area contributed by atoms with Crippen LogP contribution in [-0.2, 0) is 9.59 Å². The van der Waals surface area contributed by atoms with Gasteiger partial charge in [0.15, 0.2) is 6.61 Å². The van der Waals surface area contributed by atoms with Gasteiger partial charge in [0.2, 0.25) is 0 Å². The van der Waals surface area contributed by atoms with Gasteiger partial charge < -0.3 is 15.4 Å². The number of ether oxygens (including phenoxy) is 1. The van der Waals surface area contributed by atoms with Crippen molar-refractivity contribution in [2.24, 2.45) is 0 Å². The van der Waals surface area contributed by atoms with Crippen LogP contribution in [0.1, 0.15) is 11.1 Å². The fourth-order valence-corrected chi connectivity index (χ4v) is 4.56. The highest BCUT2D eigenvalue weighted by molar-refractivity contribution is 9.11. The van der Waals surface area contributed by atoms with Crippen LogP contribution < -0.4 is 15.4 Å². The van der Waals surface area contributed by atoms with Crippen molar-refractivity contribution in [1.82, 2.24) is 0 Å². The van der Waals surface area contributed by atoms with Gasteiger partial charge in [-0.05, 0) is 83.0 Å². The minimum absolute atomic E-state index is 0.159. The Morgan fingerprint density at radius 1 is 1.03 bits per heavy atom. The molecule has 10 heteroatoms. The molecule has 35 heavy (non-hydrogen) atoms. The lowest BCUT2D eigenvalue weighted by atomic mass is 10.1. The molecule has 3 rings (SSSR count). The van der Waals surface area contributed by atoms with Gasteiger partial charge in [-0.2, -0.15) is 5.26 Å². The number of nitriles is 1. The number of carbonyl (C=O) groups excluding carboxylic acids is 2. The van der Waals surface area contributed by atoms with Gasteiger partial charge >= 0.3 is 0 Å². The predicted octanol–water partition coefficient (Wildman–Crippen LogP) is 7.39. The molecule has 0 unspecified atom stereocenters. The lowest BCUT2D eigenvalue weighted by molar-refractivity contribution is -0.118. The van der Waals surface area contributed by atoms with Crippen LogP contribution in [0.3, 0.4) is 0 Å². The van der Waals surface area contributed by atoms with Crippen molar-refractivity contribution in [3.05, 3.63) is 90.3 Å². The van der Waals surface area contributed by atoms with Gasteiger partial charge in [-0.1, -0.05) is 45.2 Å². The predicted molar refractivity (Wildman–Crippen MR) is 146 cm³/mol. The Kier molecular flexibility index (Phi) is 9.35. The third-order valence-electron chi connectivity index (χ3n) is 4.61. The van der Waals surface area contributed by atoms with Gasteiger partial charge in [-0.25, -0.2) is 0 Å². The molecule has 0 aliphatic rings. The van der Waals surface area contributed by atoms with Crippen LogP contribution in [0.2, 0.25) is 10.0 Å². The Balaban J connectivity index is 1.79. The summed E-state index contributed by atoms with van der Waals surface area (Å²) in [5.74, 6) is -0.723. The number of anilines is 2. The fraction of sp³-hybridized carbons (Fsp3) is 0.0800. The highest BCUT2D eigenvalue weighted by Crippen LogP contribution is 2.34. The number of aryl methyl sites for hydroxylation is 1. The number of nitrogens with zero attached hydrogens (tertiary/aromatic N) is 1. The number of halogens is 4. The number of rotatable bonds is 7. The van der Waals surface area contributed by atoms with Crippen molar-refractivity contribution in [3.63, 3.8) is 0 Å². The summed E-state index contributed by atoms with van der Waals surface area (Å²) >= 11 is 18.8. The smallest absolute Gasteiger partial charge is 0.266 e. The van der Waals surface area contributed by atoms with Crippen molar-refractivity contribution in [3.8, 4) is 11.8 Å². The summed E-state index contributed by atoms with van der Waals surface area (Å²) in [6, 6.07) is 17.0. The molecule has 0 spiro atoms. The maximum absolute atomic E-state index is 12.7. The number of hydrogen-bond donors (Lipinski definition) is 2. The number of hydrogen-bond acceptors (Lipinski definition) is 4. The van der Waals surface area contributed by atoms with E-state index in [1.54, 1.807) is 54.6 Å². The van der Waals surface area contributed by atoms with Crippen molar-refractivity contribution in [1.29, 1.82) is 5.26 Å². The summed E-state index contributed by atoms with van der Waals surface area (Å²) in [5, 5.41) is 16.0. The van der Waals surface area contributed by atoms with Crippen LogP contribution in [0.25, 0.3) is 6.08 Å². The van der Waals surface area contributed by atoms with E-state index in [0.717, 1.165) is 5.56 Å². The topological polar surface area (TPSA) is 91.2 Å². The maximum Gasteiger partial charge on any atom is 0.266 e. The summed E-state index contributed by atoms with van der Waals surface area (Å²) in [6.07, 6.45) is 1.38. The molecule has 0 radical (unpaired) electrons. The Labute approximate surface area is 229 Å². The Morgan fingerprint density at radius 2 is 1.71 bits per heavy atom. The molecule has 0 saturated carbocycles. The van der Waals surface area contributed by atoms with E-state index in [-0.39, 0.29) is 17.9 Å². The second-order valence-electron chi connectivity index (χ2n) is 7.24. The minimum Gasteiger partial charge on any atom is -0.482 e. The molecule has 3 aromatic carbocycles. The van der Waals surface area contributed by atoms with Gasteiger partial charge in [-0.15, -0.1) is 0 Å². The summed E-state index contributed by atoms with van der Waals surface area (Å²) < 4.78 is 6.96. The molecule has 0 fully saturated rings. The number of nitrogens with one attached hydrogen (secondary N) is 2. The standard InChI is InChI=1S/C25H17Br2Cl2N3O3/c1-14-2-5-20(11-22(14)29)31-23(33)13-35-24-15(9-17(26)10-21(24)27)8-16(12-30)25(34)32-19-6-3-18(28)4-7-19/h2-11H,13H2,1H3,(H,31,33)(H,32,34)/b16-8-.